The van der Waals surface area contributed by atoms with Crippen molar-refractivity contribution in [3.63, 3.8) is 0 Å². The Morgan fingerprint density at radius 2 is 1.47 bits per heavy atom. The summed E-state index contributed by atoms with van der Waals surface area (Å²) in [6.45, 7) is 2.43. The van der Waals surface area contributed by atoms with Crippen LogP contribution in [0.1, 0.15) is 16.7 Å². The van der Waals surface area contributed by atoms with Crippen LogP contribution in [0.15, 0.2) is 72.8 Å². The molecule has 1 amide bonds. The van der Waals surface area contributed by atoms with Crippen molar-refractivity contribution in [1.29, 1.82) is 0 Å². The zero-order chi connectivity index (χ0) is 24.1. The molecule has 0 aliphatic rings. The number of carbonyl (C=O) groups excluding carboxylic acids is 1. The van der Waals surface area contributed by atoms with E-state index < -0.39 is 0 Å². The Labute approximate surface area is 199 Å². The number of ether oxygens (including phenoxy) is 2. The number of hydrogen-bond donors (Lipinski definition) is 3. The van der Waals surface area contributed by atoms with Crippen LogP contribution in [0.2, 0.25) is 0 Å². The summed E-state index contributed by atoms with van der Waals surface area (Å²) in [5.41, 5.74) is 3.80. The molecule has 0 aliphatic heterocycles. The highest BCUT2D eigenvalue weighted by Crippen LogP contribution is 2.43. The monoisotopic (exact) mass is 456 g/mol. The van der Waals surface area contributed by atoms with Crippen LogP contribution in [0.25, 0.3) is 10.8 Å². The second-order valence-electron chi connectivity index (χ2n) is 8.01. The topological polar surface area (TPSA) is 79.8 Å². The third kappa shape index (κ3) is 4.76. The number of methoxy groups -OCH3 is 2. The molecule has 4 rings (SSSR count). The summed E-state index contributed by atoms with van der Waals surface area (Å²) in [6.07, 6.45) is 0.00646. The SMILES string of the molecule is COc1cc2c(CC(=O)Nc3ccccc3)c(O)c(C)c(NCc3ccccc3)c2cc1OC. The van der Waals surface area contributed by atoms with E-state index in [0.717, 1.165) is 22.0 Å². The number of benzene rings is 4. The van der Waals surface area contributed by atoms with Gasteiger partial charge in [-0.15, -0.1) is 0 Å². The van der Waals surface area contributed by atoms with E-state index in [0.29, 0.717) is 34.9 Å². The van der Waals surface area contributed by atoms with Crippen LogP contribution >= 0.6 is 0 Å². The number of rotatable bonds is 8. The maximum atomic E-state index is 12.9. The molecule has 0 spiro atoms. The normalized spacial score (nSPS) is 10.7. The number of fused-ring (bicyclic) bond motifs is 1. The number of carbonyl (C=O) groups is 1. The summed E-state index contributed by atoms with van der Waals surface area (Å²) in [4.78, 5) is 12.9. The summed E-state index contributed by atoms with van der Waals surface area (Å²) in [7, 11) is 3.15. The van der Waals surface area contributed by atoms with Crippen molar-refractivity contribution in [2.24, 2.45) is 0 Å². The zero-order valence-corrected chi connectivity index (χ0v) is 19.5. The Kier molecular flexibility index (Phi) is 6.87. The molecule has 0 bridgehead atoms. The molecule has 34 heavy (non-hydrogen) atoms. The van der Waals surface area contributed by atoms with Gasteiger partial charge in [0, 0.05) is 34.4 Å². The minimum Gasteiger partial charge on any atom is -0.507 e. The Hall–Kier alpha value is -4.19. The molecular weight excluding hydrogens is 428 g/mol. The maximum Gasteiger partial charge on any atom is 0.228 e. The Bertz CT molecular complexity index is 1310. The van der Waals surface area contributed by atoms with Gasteiger partial charge in [-0.3, -0.25) is 4.79 Å². The number of aromatic hydroxyl groups is 1. The summed E-state index contributed by atoms with van der Waals surface area (Å²) in [5.74, 6) is 0.958. The van der Waals surface area contributed by atoms with Gasteiger partial charge < -0.3 is 25.2 Å². The highest BCUT2D eigenvalue weighted by atomic mass is 16.5. The van der Waals surface area contributed by atoms with Gasteiger partial charge in [0.15, 0.2) is 11.5 Å². The third-order valence-electron chi connectivity index (χ3n) is 5.84. The first-order valence-corrected chi connectivity index (χ1v) is 11.0. The molecule has 4 aromatic rings. The molecule has 6 heteroatoms. The fourth-order valence-electron chi connectivity index (χ4n) is 4.09. The molecule has 0 aromatic heterocycles. The van der Waals surface area contributed by atoms with Crippen molar-refractivity contribution in [3.05, 3.63) is 89.5 Å². The molecule has 0 atom stereocenters. The van der Waals surface area contributed by atoms with E-state index in [2.05, 4.69) is 10.6 Å². The second-order valence-corrected chi connectivity index (χ2v) is 8.01. The van der Waals surface area contributed by atoms with Crippen molar-refractivity contribution in [2.45, 2.75) is 19.9 Å². The lowest BCUT2D eigenvalue weighted by Gasteiger charge is -2.20. The van der Waals surface area contributed by atoms with Gasteiger partial charge in [-0.05, 0) is 42.1 Å². The molecule has 0 fully saturated rings. The smallest absolute Gasteiger partial charge is 0.228 e. The molecular formula is C28H28N2O4. The average Bonchev–Trinajstić information content (AvgIpc) is 2.87. The lowest BCUT2D eigenvalue weighted by Crippen LogP contribution is -2.15. The minimum atomic E-state index is -0.220. The second kappa shape index (κ2) is 10.2. The summed E-state index contributed by atoms with van der Waals surface area (Å²) in [5, 5.41) is 19.1. The number of nitrogens with one attached hydrogen (secondary N) is 2. The van der Waals surface area contributed by atoms with E-state index in [1.54, 1.807) is 14.2 Å². The molecule has 0 saturated carbocycles. The van der Waals surface area contributed by atoms with E-state index in [1.807, 2.05) is 79.7 Å². The molecule has 174 valence electrons. The highest BCUT2D eigenvalue weighted by Gasteiger charge is 2.21. The molecule has 0 saturated heterocycles. The summed E-state index contributed by atoms with van der Waals surface area (Å²) >= 11 is 0. The Morgan fingerprint density at radius 1 is 0.882 bits per heavy atom. The predicted molar refractivity (Wildman–Crippen MR) is 136 cm³/mol. The van der Waals surface area contributed by atoms with Crippen molar-refractivity contribution in [2.75, 3.05) is 24.9 Å². The molecule has 3 N–H and O–H groups in total. The van der Waals surface area contributed by atoms with E-state index in [4.69, 9.17) is 9.47 Å². The first-order valence-electron chi connectivity index (χ1n) is 11.0. The summed E-state index contributed by atoms with van der Waals surface area (Å²) in [6, 6.07) is 23.0. The number of amides is 1. The van der Waals surface area contributed by atoms with Gasteiger partial charge in [0.2, 0.25) is 5.91 Å². The van der Waals surface area contributed by atoms with E-state index in [-0.39, 0.29) is 18.1 Å². The van der Waals surface area contributed by atoms with Crippen LogP contribution in [0, 0.1) is 6.92 Å². The van der Waals surface area contributed by atoms with Crippen LogP contribution in [-0.4, -0.2) is 25.2 Å². The van der Waals surface area contributed by atoms with E-state index in [9.17, 15) is 9.90 Å². The van der Waals surface area contributed by atoms with Crippen LogP contribution in [0.3, 0.4) is 0 Å². The number of hydrogen-bond acceptors (Lipinski definition) is 5. The minimum absolute atomic E-state index is 0.00646. The Morgan fingerprint density at radius 3 is 2.09 bits per heavy atom. The van der Waals surface area contributed by atoms with Crippen LogP contribution in [0.4, 0.5) is 11.4 Å². The van der Waals surface area contributed by atoms with Gasteiger partial charge >= 0.3 is 0 Å². The summed E-state index contributed by atoms with van der Waals surface area (Å²) < 4.78 is 11.0. The standard InChI is InChI=1S/C28H28N2O4/c1-18-27(29-17-19-10-6-4-7-11-19)22-15-25(34-3)24(33-2)14-21(22)23(28(18)32)16-26(31)30-20-12-8-5-9-13-20/h4-15,29,32H,16-17H2,1-3H3,(H,30,31). The first-order chi connectivity index (χ1) is 16.5. The quantitative estimate of drug-likeness (QED) is 0.319. The van der Waals surface area contributed by atoms with Gasteiger partial charge in [-0.1, -0.05) is 48.5 Å². The van der Waals surface area contributed by atoms with Gasteiger partial charge in [-0.2, -0.15) is 0 Å². The van der Waals surface area contributed by atoms with Crippen molar-refractivity contribution in [3.8, 4) is 17.2 Å². The fourth-order valence-corrected chi connectivity index (χ4v) is 4.09. The predicted octanol–water partition coefficient (Wildman–Crippen LogP) is 5.66. The van der Waals surface area contributed by atoms with Gasteiger partial charge in [-0.25, -0.2) is 0 Å². The molecule has 0 heterocycles. The lowest BCUT2D eigenvalue weighted by atomic mass is 9.94. The molecule has 0 unspecified atom stereocenters. The van der Waals surface area contributed by atoms with E-state index >= 15 is 0 Å². The first kappa shape index (κ1) is 23.0. The number of anilines is 2. The molecule has 4 aromatic carbocycles. The Balaban J connectivity index is 1.78. The zero-order valence-electron chi connectivity index (χ0n) is 19.5. The molecule has 6 nitrogen and oxygen atoms in total. The van der Waals surface area contributed by atoms with Crippen molar-refractivity contribution in [1.82, 2.24) is 0 Å². The lowest BCUT2D eigenvalue weighted by molar-refractivity contribution is -0.115. The van der Waals surface area contributed by atoms with Crippen LogP contribution < -0.4 is 20.1 Å². The molecule has 0 radical (unpaired) electrons. The van der Waals surface area contributed by atoms with Gasteiger partial charge in [0.05, 0.1) is 20.6 Å². The number of phenolic OH excluding ortho intramolecular Hbond substituents is 1. The van der Waals surface area contributed by atoms with Crippen molar-refractivity contribution < 1.29 is 19.4 Å². The van der Waals surface area contributed by atoms with Gasteiger partial charge in [0.25, 0.3) is 0 Å². The molecule has 0 aliphatic carbocycles. The average molecular weight is 457 g/mol. The fraction of sp³-hybridized carbons (Fsp3) is 0.179. The van der Waals surface area contributed by atoms with Crippen molar-refractivity contribution >= 4 is 28.1 Å². The van der Waals surface area contributed by atoms with E-state index in [1.165, 1.54) is 0 Å². The number of phenols is 1. The van der Waals surface area contributed by atoms with Gasteiger partial charge in [0.1, 0.15) is 5.75 Å². The maximum absolute atomic E-state index is 12.9. The largest absolute Gasteiger partial charge is 0.507 e. The van der Waals surface area contributed by atoms with Crippen LogP contribution in [0.5, 0.6) is 17.2 Å². The number of para-hydroxylation sites is 1. The third-order valence-corrected chi connectivity index (χ3v) is 5.84. The highest BCUT2D eigenvalue weighted by molar-refractivity contribution is 6.04. The van der Waals surface area contributed by atoms with Crippen LogP contribution in [-0.2, 0) is 17.8 Å².